The smallest absolute Gasteiger partial charge is 0.122 e. The summed E-state index contributed by atoms with van der Waals surface area (Å²) in [5.74, 6) is 1.59. The van der Waals surface area contributed by atoms with Crippen LogP contribution in [0.15, 0.2) is 30.3 Å². The molecule has 2 aromatic rings. The van der Waals surface area contributed by atoms with Crippen LogP contribution in [0.3, 0.4) is 0 Å². The Morgan fingerprint density at radius 1 is 1.15 bits per heavy atom. The first-order valence-corrected chi connectivity index (χ1v) is 7.50. The Morgan fingerprint density at radius 3 is 2.25 bits per heavy atom. The fourth-order valence-electron chi connectivity index (χ4n) is 2.08. The molecule has 1 aromatic heterocycles. The zero-order valence-electron chi connectivity index (χ0n) is 11.8. The van der Waals surface area contributed by atoms with Crippen molar-refractivity contribution in [3.05, 3.63) is 45.1 Å². The molecule has 108 valence electrons. The molecule has 0 saturated heterocycles. The second-order valence-electron chi connectivity index (χ2n) is 4.40. The highest BCUT2D eigenvalue weighted by Crippen LogP contribution is 2.30. The highest BCUT2D eigenvalue weighted by atomic mass is 35.5. The molecule has 1 heterocycles. The van der Waals surface area contributed by atoms with Gasteiger partial charge in [0.25, 0.3) is 0 Å². The van der Waals surface area contributed by atoms with Gasteiger partial charge in [-0.3, -0.25) is 0 Å². The van der Waals surface area contributed by atoms with Crippen LogP contribution in [0.4, 0.5) is 0 Å². The second-order valence-corrected chi connectivity index (χ2v) is 6.20. The van der Waals surface area contributed by atoms with E-state index in [0.717, 1.165) is 27.8 Å². The van der Waals surface area contributed by atoms with Gasteiger partial charge in [-0.25, -0.2) is 0 Å². The van der Waals surface area contributed by atoms with Crippen molar-refractivity contribution in [3.8, 4) is 11.5 Å². The fraction of sp³-hybridized carbons (Fsp3) is 0.333. The standard InChI is InChI=1S/C15H18ClNO2S/c1-17-14(9-13-4-5-15(16)20-13)10-6-11(18-2)8-12(7-10)19-3/h4-8,14,17H,9H2,1-3H3. The number of hydrogen-bond acceptors (Lipinski definition) is 4. The molecule has 1 N–H and O–H groups in total. The minimum absolute atomic E-state index is 0.189. The lowest BCUT2D eigenvalue weighted by atomic mass is 10.0. The van der Waals surface area contributed by atoms with Crippen molar-refractivity contribution in [2.75, 3.05) is 21.3 Å². The van der Waals surface area contributed by atoms with Gasteiger partial charge in [0.2, 0.25) is 0 Å². The van der Waals surface area contributed by atoms with Crippen LogP contribution >= 0.6 is 22.9 Å². The summed E-state index contributed by atoms with van der Waals surface area (Å²) in [5, 5.41) is 3.33. The van der Waals surface area contributed by atoms with E-state index in [9.17, 15) is 0 Å². The van der Waals surface area contributed by atoms with Crippen LogP contribution in [0.1, 0.15) is 16.5 Å². The monoisotopic (exact) mass is 311 g/mol. The molecule has 0 radical (unpaired) electrons. The number of likely N-dealkylation sites (N-methyl/N-ethyl adjacent to an activating group) is 1. The molecule has 0 aliphatic rings. The van der Waals surface area contributed by atoms with Crippen molar-refractivity contribution < 1.29 is 9.47 Å². The Balaban J connectivity index is 2.26. The lowest BCUT2D eigenvalue weighted by Crippen LogP contribution is -2.18. The average Bonchev–Trinajstić information content (AvgIpc) is 2.89. The molecule has 0 bridgehead atoms. The van der Waals surface area contributed by atoms with Gasteiger partial charge in [0.05, 0.1) is 18.6 Å². The van der Waals surface area contributed by atoms with E-state index in [0.29, 0.717) is 0 Å². The molecular formula is C15H18ClNO2S. The molecule has 0 aliphatic heterocycles. The Labute approximate surface area is 128 Å². The number of hydrogen-bond donors (Lipinski definition) is 1. The van der Waals surface area contributed by atoms with Crippen LogP contribution in [0.2, 0.25) is 4.34 Å². The number of ether oxygens (including phenoxy) is 2. The summed E-state index contributed by atoms with van der Waals surface area (Å²) in [6.07, 6.45) is 0.879. The van der Waals surface area contributed by atoms with E-state index in [1.165, 1.54) is 4.88 Å². The highest BCUT2D eigenvalue weighted by Gasteiger charge is 2.14. The van der Waals surface area contributed by atoms with Gasteiger partial charge in [0, 0.05) is 23.4 Å². The first-order valence-electron chi connectivity index (χ1n) is 6.30. The van der Waals surface area contributed by atoms with Gasteiger partial charge in [-0.1, -0.05) is 11.6 Å². The Kier molecular flexibility index (Phi) is 5.29. The van der Waals surface area contributed by atoms with E-state index in [1.807, 2.05) is 31.3 Å². The molecule has 0 saturated carbocycles. The zero-order chi connectivity index (χ0) is 14.5. The third kappa shape index (κ3) is 3.66. The number of methoxy groups -OCH3 is 2. The number of benzene rings is 1. The zero-order valence-corrected chi connectivity index (χ0v) is 13.3. The van der Waals surface area contributed by atoms with Crippen LogP contribution in [0.25, 0.3) is 0 Å². The SMILES string of the molecule is CNC(Cc1ccc(Cl)s1)c1cc(OC)cc(OC)c1. The molecule has 5 heteroatoms. The summed E-state index contributed by atoms with van der Waals surface area (Å²) in [6.45, 7) is 0. The molecular weight excluding hydrogens is 294 g/mol. The molecule has 0 fully saturated rings. The molecule has 3 nitrogen and oxygen atoms in total. The van der Waals surface area contributed by atoms with Crippen LogP contribution in [-0.2, 0) is 6.42 Å². The van der Waals surface area contributed by atoms with Crippen molar-refractivity contribution in [1.29, 1.82) is 0 Å². The van der Waals surface area contributed by atoms with Crippen molar-refractivity contribution in [2.24, 2.45) is 0 Å². The molecule has 1 aromatic carbocycles. The van der Waals surface area contributed by atoms with Gasteiger partial charge >= 0.3 is 0 Å². The maximum Gasteiger partial charge on any atom is 0.122 e. The predicted molar refractivity (Wildman–Crippen MR) is 84.4 cm³/mol. The topological polar surface area (TPSA) is 30.5 Å². The fourth-order valence-corrected chi connectivity index (χ4v) is 3.21. The quantitative estimate of drug-likeness (QED) is 0.877. The summed E-state index contributed by atoms with van der Waals surface area (Å²) in [7, 11) is 5.27. The second kappa shape index (κ2) is 6.97. The van der Waals surface area contributed by atoms with Crippen LogP contribution in [0, 0.1) is 0 Å². The molecule has 1 atom stereocenters. The normalized spacial score (nSPS) is 12.2. The molecule has 0 aliphatic carbocycles. The lowest BCUT2D eigenvalue weighted by molar-refractivity contribution is 0.392. The minimum atomic E-state index is 0.189. The maximum atomic E-state index is 5.99. The van der Waals surface area contributed by atoms with E-state index < -0.39 is 0 Å². The van der Waals surface area contributed by atoms with E-state index in [-0.39, 0.29) is 6.04 Å². The molecule has 1 unspecified atom stereocenters. The maximum absolute atomic E-state index is 5.99. The molecule has 0 amide bonds. The number of thiophene rings is 1. The van der Waals surface area contributed by atoms with Gasteiger partial charge in [0.1, 0.15) is 11.5 Å². The van der Waals surface area contributed by atoms with Crippen molar-refractivity contribution in [1.82, 2.24) is 5.32 Å². The first-order chi connectivity index (χ1) is 9.66. The number of rotatable bonds is 6. The third-order valence-electron chi connectivity index (χ3n) is 3.16. The van der Waals surface area contributed by atoms with Crippen LogP contribution in [-0.4, -0.2) is 21.3 Å². The summed E-state index contributed by atoms with van der Waals surface area (Å²) in [5.41, 5.74) is 1.13. The Bertz CT molecular complexity index is 549. The summed E-state index contributed by atoms with van der Waals surface area (Å²) < 4.78 is 11.5. The van der Waals surface area contributed by atoms with Gasteiger partial charge in [-0.05, 0) is 36.9 Å². The van der Waals surface area contributed by atoms with Crippen molar-refractivity contribution in [3.63, 3.8) is 0 Å². The molecule has 2 rings (SSSR count). The van der Waals surface area contributed by atoms with Gasteiger partial charge in [0.15, 0.2) is 0 Å². The molecule has 20 heavy (non-hydrogen) atoms. The van der Waals surface area contributed by atoms with E-state index in [2.05, 4.69) is 11.4 Å². The predicted octanol–water partition coefficient (Wildman–Crippen LogP) is 3.92. The number of nitrogens with one attached hydrogen (secondary N) is 1. The Hall–Kier alpha value is -1.23. The lowest BCUT2D eigenvalue weighted by Gasteiger charge is -2.18. The highest BCUT2D eigenvalue weighted by molar-refractivity contribution is 7.16. The summed E-state index contributed by atoms with van der Waals surface area (Å²) in [4.78, 5) is 1.25. The molecule has 0 spiro atoms. The van der Waals surface area contributed by atoms with Crippen LogP contribution in [0.5, 0.6) is 11.5 Å². The Morgan fingerprint density at radius 2 is 1.80 bits per heavy atom. The van der Waals surface area contributed by atoms with Gasteiger partial charge in [-0.15, -0.1) is 11.3 Å². The largest absolute Gasteiger partial charge is 0.497 e. The van der Waals surface area contributed by atoms with Crippen molar-refractivity contribution >= 4 is 22.9 Å². The van der Waals surface area contributed by atoms with E-state index in [4.69, 9.17) is 21.1 Å². The number of halogens is 1. The van der Waals surface area contributed by atoms with Crippen LogP contribution < -0.4 is 14.8 Å². The summed E-state index contributed by atoms with van der Waals surface area (Å²) >= 11 is 7.60. The van der Waals surface area contributed by atoms with Crippen molar-refractivity contribution in [2.45, 2.75) is 12.5 Å². The first kappa shape index (κ1) is 15.2. The van der Waals surface area contributed by atoms with Gasteiger partial charge in [-0.2, -0.15) is 0 Å². The average molecular weight is 312 g/mol. The summed E-state index contributed by atoms with van der Waals surface area (Å²) in [6, 6.07) is 10.1. The van der Waals surface area contributed by atoms with E-state index >= 15 is 0 Å². The third-order valence-corrected chi connectivity index (χ3v) is 4.41. The van der Waals surface area contributed by atoms with E-state index in [1.54, 1.807) is 25.6 Å². The van der Waals surface area contributed by atoms with Gasteiger partial charge < -0.3 is 14.8 Å². The minimum Gasteiger partial charge on any atom is -0.497 e.